The van der Waals surface area contributed by atoms with Gasteiger partial charge in [-0.05, 0) is 42.0 Å². The van der Waals surface area contributed by atoms with Gasteiger partial charge in [-0.1, -0.05) is 18.2 Å². The largest absolute Gasteiger partial charge is 0.497 e. The second-order valence-electron chi connectivity index (χ2n) is 6.57. The monoisotopic (exact) mass is 417 g/mol. The van der Waals surface area contributed by atoms with E-state index in [1.807, 2.05) is 0 Å². The van der Waals surface area contributed by atoms with E-state index in [1.54, 1.807) is 37.5 Å². The predicted octanol–water partition coefficient (Wildman–Crippen LogP) is 4.44. The first-order chi connectivity index (χ1) is 14.9. The number of nitro groups is 1. The van der Waals surface area contributed by atoms with Crippen LogP contribution in [0.3, 0.4) is 0 Å². The molecule has 0 aromatic heterocycles. The summed E-state index contributed by atoms with van der Waals surface area (Å²) in [5, 5.41) is 10.9. The van der Waals surface area contributed by atoms with Crippen LogP contribution in [-0.4, -0.2) is 23.8 Å². The van der Waals surface area contributed by atoms with Gasteiger partial charge in [-0.2, -0.15) is 0 Å². The summed E-state index contributed by atoms with van der Waals surface area (Å²) in [6.07, 6.45) is 1.61. The van der Waals surface area contributed by atoms with E-state index in [4.69, 9.17) is 14.2 Å². The van der Waals surface area contributed by atoms with Gasteiger partial charge >= 0.3 is 5.97 Å². The van der Waals surface area contributed by atoms with Gasteiger partial charge in [-0.3, -0.25) is 14.9 Å². The molecule has 31 heavy (non-hydrogen) atoms. The number of hydrogen-bond donors (Lipinski definition) is 0. The summed E-state index contributed by atoms with van der Waals surface area (Å²) in [7, 11) is 1.57. The maximum atomic E-state index is 12.6. The third-order valence-electron chi connectivity index (χ3n) is 4.56. The van der Waals surface area contributed by atoms with E-state index in [-0.39, 0.29) is 34.3 Å². The van der Waals surface area contributed by atoms with E-state index in [2.05, 4.69) is 0 Å². The fourth-order valence-corrected chi connectivity index (χ4v) is 2.99. The molecule has 0 saturated carbocycles. The number of hydrogen-bond acceptors (Lipinski definition) is 7. The molecule has 0 unspecified atom stereocenters. The van der Waals surface area contributed by atoms with Crippen LogP contribution in [0.2, 0.25) is 0 Å². The maximum Gasteiger partial charge on any atom is 0.343 e. The summed E-state index contributed by atoms with van der Waals surface area (Å²) in [6, 6.07) is 16.7. The van der Waals surface area contributed by atoms with Gasteiger partial charge in [-0.15, -0.1) is 0 Å². The van der Waals surface area contributed by atoms with Crippen molar-refractivity contribution in [2.75, 3.05) is 7.11 Å². The molecule has 8 heteroatoms. The lowest BCUT2D eigenvalue weighted by atomic mass is 10.1. The molecule has 1 aliphatic heterocycles. The minimum Gasteiger partial charge on any atom is -0.497 e. The lowest BCUT2D eigenvalue weighted by Gasteiger charge is -2.05. The smallest absolute Gasteiger partial charge is 0.343 e. The number of methoxy groups -OCH3 is 1. The van der Waals surface area contributed by atoms with Crippen molar-refractivity contribution in [1.29, 1.82) is 0 Å². The number of non-ortho nitro benzene ring substituents is 1. The molecule has 1 heterocycles. The summed E-state index contributed by atoms with van der Waals surface area (Å²) in [6.45, 7) is 0. The van der Waals surface area contributed by atoms with Gasteiger partial charge in [0.25, 0.3) is 5.69 Å². The van der Waals surface area contributed by atoms with Crippen LogP contribution in [0.1, 0.15) is 26.3 Å². The molecular weight excluding hydrogens is 402 g/mol. The Morgan fingerprint density at radius 2 is 1.77 bits per heavy atom. The highest BCUT2D eigenvalue weighted by Crippen LogP contribution is 2.35. The van der Waals surface area contributed by atoms with Crippen LogP contribution in [0.25, 0.3) is 6.08 Å². The molecule has 0 saturated heterocycles. The molecular formula is C23H15NO7. The van der Waals surface area contributed by atoms with E-state index < -0.39 is 10.9 Å². The highest BCUT2D eigenvalue weighted by molar-refractivity contribution is 6.14. The first-order valence-corrected chi connectivity index (χ1v) is 9.13. The molecule has 0 amide bonds. The number of benzene rings is 3. The van der Waals surface area contributed by atoms with Gasteiger partial charge in [0.15, 0.2) is 5.76 Å². The molecule has 8 nitrogen and oxygen atoms in total. The number of esters is 1. The van der Waals surface area contributed by atoms with E-state index in [9.17, 15) is 19.7 Å². The number of Topliss-reactive ketones (excluding diaryl/α,β-unsaturated/α-hetero) is 1. The number of carbonyl (C=O) groups excluding carboxylic acids is 2. The van der Waals surface area contributed by atoms with Crippen molar-refractivity contribution in [2.24, 2.45) is 0 Å². The molecule has 0 radical (unpaired) electrons. The second-order valence-corrected chi connectivity index (χ2v) is 6.57. The predicted molar refractivity (Wildman–Crippen MR) is 110 cm³/mol. The van der Waals surface area contributed by atoms with Crippen LogP contribution in [0, 0.1) is 10.1 Å². The number of ketones is 1. The zero-order valence-electron chi connectivity index (χ0n) is 16.2. The van der Waals surface area contributed by atoms with Crippen molar-refractivity contribution in [3.63, 3.8) is 0 Å². The summed E-state index contributed by atoms with van der Waals surface area (Å²) < 4.78 is 16.1. The van der Waals surface area contributed by atoms with Crippen molar-refractivity contribution < 1.29 is 28.7 Å². The normalized spacial score (nSPS) is 13.5. The Kier molecular flexibility index (Phi) is 5.19. The minimum atomic E-state index is -0.762. The van der Waals surface area contributed by atoms with Crippen LogP contribution in [0.15, 0.2) is 72.5 Å². The van der Waals surface area contributed by atoms with Gasteiger partial charge < -0.3 is 14.2 Å². The average molecular weight is 417 g/mol. The first-order valence-electron chi connectivity index (χ1n) is 9.13. The van der Waals surface area contributed by atoms with Gasteiger partial charge in [0.2, 0.25) is 5.78 Å². The maximum absolute atomic E-state index is 12.6. The molecule has 0 aliphatic carbocycles. The van der Waals surface area contributed by atoms with Gasteiger partial charge in [0.05, 0.1) is 23.2 Å². The number of rotatable bonds is 5. The fraction of sp³-hybridized carbons (Fsp3) is 0.0435. The Bertz CT molecular complexity index is 1230. The van der Waals surface area contributed by atoms with Crippen LogP contribution >= 0.6 is 0 Å². The van der Waals surface area contributed by atoms with Crippen molar-refractivity contribution in [1.82, 2.24) is 0 Å². The summed E-state index contributed by atoms with van der Waals surface area (Å²) in [5.41, 5.74) is 0.918. The van der Waals surface area contributed by atoms with E-state index in [1.165, 1.54) is 36.4 Å². The summed E-state index contributed by atoms with van der Waals surface area (Å²) in [5.74, 6) is 0.189. The Labute approximate surface area is 176 Å². The topological polar surface area (TPSA) is 105 Å². The second kappa shape index (κ2) is 8.11. The Morgan fingerprint density at radius 3 is 2.48 bits per heavy atom. The van der Waals surface area contributed by atoms with Crippen molar-refractivity contribution >= 4 is 23.5 Å². The van der Waals surface area contributed by atoms with Crippen LogP contribution < -0.4 is 14.2 Å². The van der Waals surface area contributed by atoms with E-state index >= 15 is 0 Å². The van der Waals surface area contributed by atoms with Gasteiger partial charge in [0.1, 0.15) is 17.2 Å². The number of carbonyl (C=O) groups is 2. The molecule has 1 aliphatic rings. The molecule has 154 valence electrons. The zero-order chi connectivity index (χ0) is 22.0. The van der Waals surface area contributed by atoms with E-state index in [0.717, 1.165) is 11.6 Å². The van der Waals surface area contributed by atoms with Crippen molar-refractivity contribution in [2.45, 2.75) is 0 Å². The number of allylic oxidation sites excluding steroid dienone is 1. The van der Waals surface area contributed by atoms with Gasteiger partial charge in [0, 0.05) is 18.2 Å². The summed E-state index contributed by atoms with van der Waals surface area (Å²) >= 11 is 0. The molecule has 0 N–H and O–H groups in total. The van der Waals surface area contributed by atoms with Crippen molar-refractivity contribution in [3.8, 4) is 17.2 Å². The Hall–Kier alpha value is -4.46. The number of nitrogens with zero attached hydrogens (tertiary/aromatic N) is 1. The molecule has 3 aromatic rings. The Morgan fingerprint density at radius 1 is 1.03 bits per heavy atom. The zero-order valence-corrected chi connectivity index (χ0v) is 16.2. The lowest BCUT2D eigenvalue weighted by Crippen LogP contribution is -2.08. The fourth-order valence-electron chi connectivity index (χ4n) is 2.99. The lowest BCUT2D eigenvalue weighted by molar-refractivity contribution is -0.384. The van der Waals surface area contributed by atoms with Crippen LogP contribution in [0.5, 0.6) is 17.2 Å². The SMILES string of the molecule is COc1ccc(/C=C2\Oc3cc(OC(=O)c4cccc([N+](=O)[O-])c4)ccc3C2=O)cc1. The number of nitro benzene ring substituents is 1. The molecule has 0 bridgehead atoms. The van der Waals surface area contributed by atoms with E-state index in [0.29, 0.717) is 11.3 Å². The molecule has 4 rings (SSSR count). The Balaban J connectivity index is 1.53. The van der Waals surface area contributed by atoms with Crippen LogP contribution in [-0.2, 0) is 0 Å². The molecule has 0 fully saturated rings. The quantitative estimate of drug-likeness (QED) is 0.199. The van der Waals surface area contributed by atoms with Gasteiger partial charge in [-0.25, -0.2) is 4.79 Å². The number of fused-ring (bicyclic) bond motifs is 1. The minimum absolute atomic E-state index is 0.0341. The standard InChI is InChI=1S/C23H15NO7/c1-29-17-7-5-14(6-8-17)11-21-22(25)19-10-9-18(13-20(19)31-21)30-23(26)15-3-2-4-16(12-15)24(27)28/h2-13H,1H3/b21-11-. The molecule has 0 spiro atoms. The highest BCUT2D eigenvalue weighted by atomic mass is 16.6. The number of ether oxygens (including phenoxy) is 3. The van der Waals surface area contributed by atoms with Crippen LogP contribution in [0.4, 0.5) is 5.69 Å². The third-order valence-corrected chi connectivity index (χ3v) is 4.56. The average Bonchev–Trinajstić information content (AvgIpc) is 3.08. The first kappa shape index (κ1) is 19.8. The third kappa shape index (κ3) is 4.13. The highest BCUT2D eigenvalue weighted by Gasteiger charge is 2.28. The van der Waals surface area contributed by atoms with Crippen molar-refractivity contribution in [3.05, 3.63) is 99.3 Å². The molecule has 0 atom stereocenters. The molecule has 3 aromatic carbocycles. The summed E-state index contributed by atoms with van der Waals surface area (Å²) in [4.78, 5) is 35.2.